The molecule has 18 heavy (non-hydrogen) atoms. The van der Waals surface area contributed by atoms with Gasteiger partial charge in [-0.15, -0.1) is 0 Å². The van der Waals surface area contributed by atoms with Gasteiger partial charge in [-0.1, -0.05) is 12.1 Å². The maximum Gasteiger partial charge on any atom is 0.308 e. The summed E-state index contributed by atoms with van der Waals surface area (Å²) >= 11 is 0. The van der Waals surface area contributed by atoms with Gasteiger partial charge in [0.15, 0.2) is 5.82 Å². The Labute approximate surface area is 104 Å². The lowest BCUT2D eigenvalue weighted by Crippen LogP contribution is -2.26. The summed E-state index contributed by atoms with van der Waals surface area (Å²) < 4.78 is 5.01. The van der Waals surface area contributed by atoms with Crippen molar-refractivity contribution in [2.45, 2.75) is 32.7 Å². The smallest absolute Gasteiger partial charge is 0.308 e. The third-order valence-corrected chi connectivity index (χ3v) is 2.87. The molecule has 7 nitrogen and oxygen atoms in total. The van der Waals surface area contributed by atoms with Crippen molar-refractivity contribution in [2.75, 3.05) is 6.54 Å². The average molecular weight is 253 g/mol. The largest absolute Gasteiger partial charge is 0.481 e. The fourth-order valence-electron chi connectivity index (χ4n) is 1.93. The van der Waals surface area contributed by atoms with E-state index in [-0.39, 0.29) is 25.4 Å². The number of aliphatic carboxylic acids is 1. The molecule has 1 aliphatic rings. The van der Waals surface area contributed by atoms with Crippen LogP contribution in [-0.4, -0.2) is 38.6 Å². The molecule has 2 heterocycles. The number of likely N-dealkylation sites (tertiary alicyclic amines) is 1. The molecule has 0 radical (unpaired) electrons. The molecule has 1 N–H and O–H groups in total. The van der Waals surface area contributed by atoms with E-state index in [1.54, 1.807) is 0 Å². The molecule has 1 unspecified atom stereocenters. The number of nitrogens with zero attached hydrogens (tertiary/aromatic N) is 3. The maximum absolute atomic E-state index is 11.6. The lowest BCUT2D eigenvalue weighted by atomic mass is 10.1. The number of aryl methyl sites for hydroxylation is 1. The maximum atomic E-state index is 11.6. The van der Waals surface area contributed by atoms with Crippen molar-refractivity contribution in [1.29, 1.82) is 0 Å². The highest BCUT2D eigenvalue weighted by atomic mass is 16.5. The highest BCUT2D eigenvalue weighted by molar-refractivity contribution is 5.85. The van der Waals surface area contributed by atoms with E-state index in [0.29, 0.717) is 18.1 Å². The van der Waals surface area contributed by atoms with Crippen LogP contribution in [0.25, 0.3) is 0 Å². The fourth-order valence-corrected chi connectivity index (χ4v) is 1.93. The zero-order valence-corrected chi connectivity index (χ0v) is 10.1. The summed E-state index contributed by atoms with van der Waals surface area (Å²) in [6, 6.07) is 0. The van der Waals surface area contributed by atoms with Crippen molar-refractivity contribution in [1.82, 2.24) is 15.0 Å². The van der Waals surface area contributed by atoms with Crippen molar-refractivity contribution < 1.29 is 19.2 Å². The van der Waals surface area contributed by atoms with Crippen LogP contribution < -0.4 is 0 Å². The number of rotatable bonds is 5. The molecule has 98 valence electrons. The zero-order chi connectivity index (χ0) is 13.1. The molecule has 1 aliphatic heterocycles. The van der Waals surface area contributed by atoms with Gasteiger partial charge in [-0.05, 0) is 6.42 Å². The first-order chi connectivity index (χ1) is 8.60. The van der Waals surface area contributed by atoms with Gasteiger partial charge in [0, 0.05) is 19.4 Å². The van der Waals surface area contributed by atoms with Crippen LogP contribution in [0.4, 0.5) is 0 Å². The third kappa shape index (κ3) is 2.66. The number of aromatic nitrogens is 2. The van der Waals surface area contributed by atoms with Crippen molar-refractivity contribution in [3.63, 3.8) is 0 Å². The second kappa shape index (κ2) is 5.16. The summed E-state index contributed by atoms with van der Waals surface area (Å²) in [4.78, 5) is 28.0. The number of carbonyl (C=O) groups is 2. The Balaban J connectivity index is 1.96. The van der Waals surface area contributed by atoms with Crippen LogP contribution in [0.5, 0.6) is 0 Å². The number of carbonyl (C=O) groups excluding carboxylic acids is 1. The van der Waals surface area contributed by atoms with Crippen molar-refractivity contribution in [2.24, 2.45) is 5.92 Å². The van der Waals surface area contributed by atoms with E-state index in [2.05, 4.69) is 10.1 Å². The SMILES string of the molecule is CCCc1nc(CN2CC(C(=O)O)CC2=O)no1. The molecule has 1 amide bonds. The van der Waals surface area contributed by atoms with Gasteiger partial charge in [0.25, 0.3) is 0 Å². The number of amides is 1. The lowest BCUT2D eigenvalue weighted by Gasteiger charge is -2.12. The number of carboxylic acid groups (broad SMARTS) is 1. The second-order valence-corrected chi connectivity index (χ2v) is 4.37. The molecule has 0 bridgehead atoms. The predicted octanol–water partition coefficient (Wildman–Crippen LogP) is 0.455. The summed E-state index contributed by atoms with van der Waals surface area (Å²) in [5.74, 6) is -0.763. The number of hydrogen-bond acceptors (Lipinski definition) is 5. The Bertz CT molecular complexity index is 457. The monoisotopic (exact) mass is 253 g/mol. The lowest BCUT2D eigenvalue weighted by molar-refractivity contribution is -0.141. The molecular formula is C11H15N3O4. The summed E-state index contributed by atoms with van der Waals surface area (Å²) in [5, 5.41) is 12.6. The summed E-state index contributed by atoms with van der Waals surface area (Å²) in [5.41, 5.74) is 0. The molecule has 7 heteroatoms. The van der Waals surface area contributed by atoms with Crippen molar-refractivity contribution in [3.8, 4) is 0 Å². The van der Waals surface area contributed by atoms with Crippen LogP contribution in [-0.2, 0) is 22.6 Å². The van der Waals surface area contributed by atoms with E-state index in [9.17, 15) is 9.59 Å². The minimum Gasteiger partial charge on any atom is -0.481 e. The molecule has 0 saturated carbocycles. The predicted molar refractivity (Wildman–Crippen MR) is 59.5 cm³/mol. The van der Waals surface area contributed by atoms with E-state index in [1.165, 1.54) is 4.90 Å². The fraction of sp³-hybridized carbons (Fsp3) is 0.636. The van der Waals surface area contributed by atoms with E-state index in [4.69, 9.17) is 9.63 Å². The van der Waals surface area contributed by atoms with E-state index >= 15 is 0 Å². The normalized spacial score (nSPS) is 19.5. The van der Waals surface area contributed by atoms with Gasteiger partial charge in [0.1, 0.15) is 0 Å². The van der Waals surface area contributed by atoms with Gasteiger partial charge in [0.2, 0.25) is 11.8 Å². The number of hydrogen-bond donors (Lipinski definition) is 1. The van der Waals surface area contributed by atoms with Gasteiger partial charge >= 0.3 is 5.97 Å². The quantitative estimate of drug-likeness (QED) is 0.818. The summed E-state index contributed by atoms with van der Waals surface area (Å²) in [7, 11) is 0. The molecule has 0 spiro atoms. The topological polar surface area (TPSA) is 96.5 Å². The van der Waals surface area contributed by atoms with Crippen molar-refractivity contribution in [3.05, 3.63) is 11.7 Å². The highest BCUT2D eigenvalue weighted by Crippen LogP contribution is 2.19. The first kappa shape index (κ1) is 12.5. The van der Waals surface area contributed by atoms with Gasteiger partial charge in [-0.25, -0.2) is 0 Å². The first-order valence-corrected chi connectivity index (χ1v) is 5.92. The Kier molecular flexibility index (Phi) is 3.59. The molecule has 0 aromatic carbocycles. The van der Waals surface area contributed by atoms with Crippen molar-refractivity contribution >= 4 is 11.9 Å². The molecule has 0 aliphatic carbocycles. The van der Waals surface area contributed by atoms with Crippen LogP contribution in [0.2, 0.25) is 0 Å². The van der Waals surface area contributed by atoms with Crippen LogP contribution in [0.3, 0.4) is 0 Å². The Morgan fingerprint density at radius 2 is 2.39 bits per heavy atom. The zero-order valence-electron chi connectivity index (χ0n) is 10.1. The van der Waals surface area contributed by atoms with E-state index in [1.807, 2.05) is 6.92 Å². The molecule has 1 atom stereocenters. The molecule has 1 aromatic heterocycles. The van der Waals surface area contributed by atoms with Crippen LogP contribution in [0.15, 0.2) is 4.52 Å². The van der Waals surface area contributed by atoms with Crippen LogP contribution in [0, 0.1) is 5.92 Å². The van der Waals surface area contributed by atoms with Crippen LogP contribution >= 0.6 is 0 Å². The molecule has 2 rings (SSSR count). The Morgan fingerprint density at radius 3 is 3.00 bits per heavy atom. The van der Waals surface area contributed by atoms with Crippen LogP contribution in [0.1, 0.15) is 31.5 Å². The minimum absolute atomic E-state index is 0.0506. The van der Waals surface area contributed by atoms with Gasteiger partial charge in [-0.3, -0.25) is 9.59 Å². The van der Waals surface area contributed by atoms with E-state index < -0.39 is 11.9 Å². The van der Waals surface area contributed by atoms with Gasteiger partial charge in [-0.2, -0.15) is 4.98 Å². The summed E-state index contributed by atoms with van der Waals surface area (Å²) in [6.07, 6.45) is 1.67. The highest BCUT2D eigenvalue weighted by Gasteiger charge is 2.34. The van der Waals surface area contributed by atoms with Gasteiger partial charge < -0.3 is 14.5 Å². The number of carboxylic acids is 1. The molecule has 1 aromatic rings. The standard InChI is InChI=1S/C11H15N3O4/c1-2-3-9-12-8(13-18-9)6-14-5-7(11(16)17)4-10(14)15/h7H,2-6H2,1H3,(H,16,17). The first-order valence-electron chi connectivity index (χ1n) is 5.92. The Morgan fingerprint density at radius 1 is 1.61 bits per heavy atom. The van der Waals surface area contributed by atoms with E-state index in [0.717, 1.165) is 6.42 Å². The average Bonchev–Trinajstić information content (AvgIpc) is 2.88. The molecule has 1 saturated heterocycles. The molecule has 1 fully saturated rings. The summed E-state index contributed by atoms with van der Waals surface area (Å²) in [6.45, 7) is 2.44. The Hall–Kier alpha value is -1.92. The van der Waals surface area contributed by atoms with Gasteiger partial charge in [0.05, 0.1) is 12.5 Å². The minimum atomic E-state index is -0.939. The second-order valence-electron chi connectivity index (χ2n) is 4.37. The molecular weight excluding hydrogens is 238 g/mol. The third-order valence-electron chi connectivity index (χ3n) is 2.87.